The van der Waals surface area contributed by atoms with Crippen molar-refractivity contribution in [3.05, 3.63) is 42.5 Å². The number of hydrogen-bond acceptors (Lipinski definition) is 6. The lowest BCUT2D eigenvalue weighted by Gasteiger charge is -2.34. The maximum atomic E-state index is 13.6. The molecule has 1 amide bonds. The number of amides is 1. The van der Waals surface area contributed by atoms with Gasteiger partial charge in [-0.2, -0.15) is 4.31 Å². The van der Waals surface area contributed by atoms with Crippen LogP contribution in [0.5, 0.6) is 0 Å². The molecule has 1 heterocycles. The lowest BCUT2D eigenvalue weighted by atomic mass is 10.0. The van der Waals surface area contributed by atoms with Crippen molar-refractivity contribution >= 4 is 28.1 Å². The number of nitrogens with zero attached hydrogens (tertiary/aromatic N) is 2. The predicted octanol–water partition coefficient (Wildman–Crippen LogP) is 1.83. The smallest absolute Gasteiger partial charge is 0.262 e. The number of nitrogens with one attached hydrogen (secondary N) is 1. The Morgan fingerprint density at radius 3 is 2.43 bits per heavy atom. The molecule has 30 heavy (non-hydrogen) atoms. The van der Waals surface area contributed by atoms with Crippen LogP contribution in [0.3, 0.4) is 0 Å². The molecule has 0 bridgehead atoms. The van der Waals surface area contributed by atoms with E-state index < -0.39 is 22.0 Å². The first kappa shape index (κ1) is 24.2. The summed E-state index contributed by atoms with van der Waals surface area (Å²) < 4.78 is 33.7. The van der Waals surface area contributed by atoms with Crippen LogP contribution in [-0.2, 0) is 19.6 Å². The molecule has 9 heteroatoms. The Morgan fingerprint density at radius 2 is 1.90 bits per heavy atom. The molecule has 1 aliphatic heterocycles. The van der Waals surface area contributed by atoms with Gasteiger partial charge in [0.15, 0.2) is 0 Å². The Balaban J connectivity index is 2.45. The maximum Gasteiger partial charge on any atom is 0.262 e. The van der Waals surface area contributed by atoms with Gasteiger partial charge in [-0.05, 0) is 29.2 Å². The summed E-state index contributed by atoms with van der Waals surface area (Å²) in [4.78, 5) is 14.6. The van der Waals surface area contributed by atoms with E-state index in [9.17, 15) is 18.4 Å². The van der Waals surface area contributed by atoms with Crippen molar-refractivity contribution in [2.75, 3.05) is 39.4 Å². The summed E-state index contributed by atoms with van der Waals surface area (Å²) in [6, 6.07) is 3.62. The average molecular weight is 438 g/mol. The molecular formula is C21H31N3O5S. The van der Waals surface area contributed by atoms with E-state index in [0.29, 0.717) is 38.4 Å². The molecule has 8 nitrogen and oxygen atoms in total. The summed E-state index contributed by atoms with van der Waals surface area (Å²) in [5, 5.41) is 9.23. The molecule has 1 atom stereocenters. The van der Waals surface area contributed by atoms with Crippen LogP contribution in [0, 0.1) is 5.92 Å². The van der Waals surface area contributed by atoms with E-state index in [1.165, 1.54) is 16.4 Å². The zero-order chi connectivity index (χ0) is 22.3. The van der Waals surface area contributed by atoms with Gasteiger partial charge in [-0.25, -0.2) is 13.9 Å². The summed E-state index contributed by atoms with van der Waals surface area (Å²) >= 11 is 0. The first-order valence-electron chi connectivity index (χ1n) is 9.91. The van der Waals surface area contributed by atoms with Crippen LogP contribution in [0.25, 0.3) is 12.2 Å². The van der Waals surface area contributed by atoms with Crippen molar-refractivity contribution in [3.63, 3.8) is 0 Å². The SMILES string of the molecule is C=Cc1ccc(S(=O)(=O)N(CCN2CCOCC2)C(C(=O)NO)C(C)C)cc1C=C. The van der Waals surface area contributed by atoms with Crippen LogP contribution in [-0.4, -0.2) is 74.2 Å². The lowest BCUT2D eigenvalue weighted by Crippen LogP contribution is -2.54. The standard InChI is InChI=1S/C21H31N3O5S/c1-5-17-7-8-19(15-18(17)6-2)30(27,28)24(20(16(3)4)21(25)22-26)10-9-23-11-13-29-14-12-23/h5-8,15-16,20,26H,1-2,9-14H2,3-4H3,(H,22,25). The van der Waals surface area contributed by atoms with Crippen molar-refractivity contribution in [2.24, 2.45) is 5.92 Å². The molecule has 2 N–H and O–H groups in total. The molecular weight excluding hydrogens is 406 g/mol. The van der Waals surface area contributed by atoms with Crippen molar-refractivity contribution in [3.8, 4) is 0 Å². The van der Waals surface area contributed by atoms with Gasteiger partial charge in [0, 0.05) is 26.2 Å². The molecule has 1 saturated heterocycles. The fraction of sp³-hybridized carbons (Fsp3) is 0.476. The molecule has 1 unspecified atom stereocenters. The van der Waals surface area contributed by atoms with Crippen molar-refractivity contribution < 1.29 is 23.2 Å². The van der Waals surface area contributed by atoms with E-state index in [0.717, 1.165) is 5.56 Å². The molecule has 0 radical (unpaired) electrons. The Morgan fingerprint density at radius 1 is 1.27 bits per heavy atom. The molecule has 1 aromatic carbocycles. The third-order valence-corrected chi connectivity index (χ3v) is 7.04. The summed E-state index contributed by atoms with van der Waals surface area (Å²) in [6.45, 7) is 14.1. The third-order valence-electron chi connectivity index (χ3n) is 5.17. The van der Waals surface area contributed by atoms with E-state index >= 15 is 0 Å². The first-order chi connectivity index (χ1) is 14.3. The number of rotatable bonds is 10. The van der Waals surface area contributed by atoms with Gasteiger partial charge in [0.2, 0.25) is 10.0 Å². The minimum atomic E-state index is -4.04. The highest BCUT2D eigenvalue weighted by Gasteiger charge is 2.38. The molecule has 2 rings (SSSR count). The molecule has 0 aromatic heterocycles. The highest BCUT2D eigenvalue weighted by molar-refractivity contribution is 7.89. The van der Waals surface area contributed by atoms with Gasteiger partial charge in [-0.1, -0.05) is 45.2 Å². The average Bonchev–Trinajstić information content (AvgIpc) is 2.75. The van der Waals surface area contributed by atoms with Crippen LogP contribution >= 0.6 is 0 Å². The molecule has 0 aliphatic carbocycles. The van der Waals surface area contributed by atoms with Crippen LogP contribution in [0.1, 0.15) is 25.0 Å². The molecule has 0 saturated carbocycles. The van der Waals surface area contributed by atoms with E-state index in [2.05, 4.69) is 18.1 Å². The number of ether oxygens (including phenoxy) is 1. The Labute approximate surface area is 178 Å². The minimum absolute atomic E-state index is 0.0568. The fourth-order valence-electron chi connectivity index (χ4n) is 3.52. The Bertz CT molecular complexity index is 863. The topological polar surface area (TPSA) is 99.2 Å². The van der Waals surface area contributed by atoms with Gasteiger partial charge in [0.05, 0.1) is 18.1 Å². The summed E-state index contributed by atoms with van der Waals surface area (Å²) in [6.07, 6.45) is 3.19. The van der Waals surface area contributed by atoms with Gasteiger partial charge < -0.3 is 4.74 Å². The summed E-state index contributed by atoms with van der Waals surface area (Å²) in [5.74, 6) is -1.12. The normalized spacial score (nSPS) is 16.4. The van der Waals surface area contributed by atoms with Crippen LogP contribution in [0.15, 0.2) is 36.3 Å². The molecule has 0 spiro atoms. The zero-order valence-electron chi connectivity index (χ0n) is 17.6. The summed E-state index contributed by atoms with van der Waals surface area (Å²) in [7, 11) is -4.04. The van der Waals surface area contributed by atoms with Crippen LogP contribution in [0.4, 0.5) is 0 Å². The Kier molecular flexibility index (Phi) is 8.75. The van der Waals surface area contributed by atoms with E-state index in [1.54, 1.807) is 37.5 Å². The first-order valence-corrected chi connectivity index (χ1v) is 11.3. The fourth-order valence-corrected chi connectivity index (χ4v) is 5.26. The summed E-state index contributed by atoms with van der Waals surface area (Å²) in [5.41, 5.74) is 3.01. The van der Waals surface area contributed by atoms with Gasteiger partial charge in [-0.15, -0.1) is 0 Å². The zero-order valence-corrected chi connectivity index (χ0v) is 18.4. The second kappa shape index (κ2) is 10.8. The lowest BCUT2D eigenvalue weighted by molar-refractivity contribution is -0.134. The predicted molar refractivity (Wildman–Crippen MR) is 116 cm³/mol. The van der Waals surface area contributed by atoms with E-state index in [1.807, 2.05) is 0 Å². The van der Waals surface area contributed by atoms with Crippen LogP contribution in [0.2, 0.25) is 0 Å². The van der Waals surface area contributed by atoms with Crippen LogP contribution < -0.4 is 5.48 Å². The number of sulfonamides is 1. The van der Waals surface area contributed by atoms with Crippen molar-refractivity contribution in [1.82, 2.24) is 14.7 Å². The minimum Gasteiger partial charge on any atom is -0.379 e. The van der Waals surface area contributed by atoms with Gasteiger partial charge in [0.1, 0.15) is 6.04 Å². The highest BCUT2D eigenvalue weighted by Crippen LogP contribution is 2.25. The van der Waals surface area contributed by atoms with E-state index in [-0.39, 0.29) is 17.4 Å². The van der Waals surface area contributed by atoms with Gasteiger partial charge in [0.25, 0.3) is 5.91 Å². The van der Waals surface area contributed by atoms with Crippen molar-refractivity contribution in [2.45, 2.75) is 24.8 Å². The number of hydrogen-bond donors (Lipinski definition) is 2. The second-order valence-electron chi connectivity index (χ2n) is 7.43. The molecule has 1 fully saturated rings. The van der Waals surface area contributed by atoms with Crippen molar-refractivity contribution in [1.29, 1.82) is 0 Å². The number of hydroxylamine groups is 1. The third kappa shape index (κ3) is 5.55. The van der Waals surface area contributed by atoms with E-state index in [4.69, 9.17) is 4.74 Å². The number of benzene rings is 1. The second-order valence-corrected chi connectivity index (χ2v) is 9.32. The molecule has 166 valence electrons. The number of carbonyl (C=O) groups excluding carboxylic acids is 1. The monoisotopic (exact) mass is 437 g/mol. The van der Waals surface area contributed by atoms with Gasteiger partial charge >= 0.3 is 0 Å². The molecule has 1 aliphatic rings. The maximum absolute atomic E-state index is 13.6. The quantitative estimate of drug-likeness (QED) is 0.428. The largest absolute Gasteiger partial charge is 0.379 e. The highest BCUT2D eigenvalue weighted by atomic mass is 32.2. The number of carbonyl (C=O) groups is 1. The Hall–Kier alpha value is -2.04. The number of morpholine rings is 1. The molecule has 1 aromatic rings. The van der Waals surface area contributed by atoms with Gasteiger partial charge in [-0.3, -0.25) is 14.9 Å².